The Morgan fingerprint density at radius 3 is 2.43 bits per heavy atom. The second kappa shape index (κ2) is 10.4. The first-order valence-electron chi connectivity index (χ1n) is 12.5. The number of aryl methyl sites for hydroxylation is 1. The Morgan fingerprint density at radius 2 is 1.76 bits per heavy atom. The van der Waals surface area contributed by atoms with E-state index in [0.717, 1.165) is 13.0 Å². The molecular formula is C28H30N4O4S. The van der Waals surface area contributed by atoms with Crippen LogP contribution in [-0.2, 0) is 11.2 Å². The smallest absolute Gasteiger partial charge is 0.269 e. The van der Waals surface area contributed by atoms with E-state index in [2.05, 4.69) is 47.5 Å². The second-order valence-corrected chi connectivity index (χ2v) is 10.8. The zero-order valence-corrected chi connectivity index (χ0v) is 21.8. The number of hydrogen-bond acceptors (Lipinski definition) is 6. The quantitative estimate of drug-likeness (QED) is 0.372. The third kappa shape index (κ3) is 5.14. The Balaban J connectivity index is 1.26. The van der Waals surface area contributed by atoms with Crippen LogP contribution in [0.2, 0.25) is 0 Å². The molecule has 0 spiro atoms. The minimum absolute atomic E-state index is 0.0451. The number of rotatable bonds is 5. The summed E-state index contributed by atoms with van der Waals surface area (Å²) in [4.78, 5) is 44.2. The largest absolute Gasteiger partial charge is 0.338 e. The van der Waals surface area contributed by atoms with Crippen LogP contribution in [0.4, 0.5) is 5.69 Å². The number of nitro benzene ring substituents is 1. The number of amides is 2. The molecule has 9 heteroatoms. The van der Waals surface area contributed by atoms with Crippen molar-refractivity contribution >= 4 is 28.8 Å². The van der Waals surface area contributed by atoms with Crippen LogP contribution >= 0.6 is 11.3 Å². The first kappa shape index (κ1) is 25.1. The molecule has 1 aromatic heterocycles. The molecule has 2 aliphatic heterocycles. The van der Waals surface area contributed by atoms with Crippen molar-refractivity contribution < 1.29 is 14.5 Å². The molecule has 2 atom stereocenters. The fourth-order valence-electron chi connectivity index (χ4n) is 5.33. The Bertz CT molecular complexity index is 1300. The van der Waals surface area contributed by atoms with Crippen molar-refractivity contribution in [2.24, 2.45) is 0 Å². The normalized spacial score (nSPS) is 19.9. The van der Waals surface area contributed by atoms with Gasteiger partial charge in [0.2, 0.25) is 5.91 Å². The monoisotopic (exact) mass is 518 g/mol. The summed E-state index contributed by atoms with van der Waals surface area (Å²) >= 11 is 1.79. The number of fused-ring (bicyclic) bond motifs is 1. The highest BCUT2D eigenvalue weighted by Crippen LogP contribution is 2.37. The predicted molar refractivity (Wildman–Crippen MR) is 143 cm³/mol. The maximum Gasteiger partial charge on any atom is 0.269 e. The molecule has 0 bridgehead atoms. The lowest BCUT2D eigenvalue weighted by Gasteiger charge is -2.42. The number of nitrogens with zero attached hydrogens (tertiary/aromatic N) is 4. The molecule has 5 rings (SSSR count). The van der Waals surface area contributed by atoms with Gasteiger partial charge in [0, 0.05) is 54.8 Å². The summed E-state index contributed by atoms with van der Waals surface area (Å²) in [6, 6.07) is 16.3. The van der Waals surface area contributed by atoms with Gasteiger partial charge in [-0.25, -0.2) is 0 Å². The van der Waals surface area contributed by atoms with Crippen LogP contribution in [0, 0.1) is 17.0 Å². The van der Waals surface area contributed by atoms with Crippen molar-refractivity contribution in [2.45, 2.75) is 32.4 Å². The fourth-order valence-corrected chi connectivity index (χ4v) is 6.23. The van der Waals surface area contributed by atoms with Gasteiger partial charge in [0.15, 0.2) is 0 Å². The summed E-state index contributed by atoms with van der Waals surface area (Å²) in [6.45, 7) is 6.53. The van der Waals surface area contributed by atoms with Crippen LogP contribution < -0.4 is 0 Å². The van der Waals surface area contributed by atoms with Crippen LogP contribution in [0.3, 0.4) is 0 Å². The van der Waals surface area contributed by atoms with Crippen molar-refractivity contribution in [1.29, 1.82) is 0 Å². The van der Waals surface area contributed by atoms with E-state index in [0.29, 0.717) is 31.7 Å². The van der Waals surface area contributed by atoms with E-state index >= 15 is 0 Å². The van der Waals surface area contributed by atoms with Crippen LogP contribution in [0.5, 0.6) is 0 Å². The van der Waals surface area contributed by atoms with Crippen molar-refractivity contribution in [3.8, 4) is 0 Å². The topological polar surface area (TPSA) is 87.0 Å². The number of thiophene rings is 1. The Hall–Kier alpha value is -3.56. The highest BCUT2D eigenvalue weighted by atomic mass is 32.1. The zero-order valence-electron chi connectivity index (χ0n) is 21.0. The second-order valence-electron chi connectivity index (χ2n) is 9.82. The first-order chi connectivity index (χ1) is 17.8. The number of carbonyl (C=O) groups is 2. The summed E-state index contributed by atoms with van der Waals surface area (Å²) in [5, 5.41) is 13.0. The maximum absolute atomic E-state index is 13.5. The van der Waals surface area contributed by atoms with Gasteiger partial charge in [-0.1, -0.05) is 29.8 Å². The standard InChI is InChI=1S/C28H30N4O4S/c1-19-3-5-21(6-4-19)27-24-12-16-37-25(24)11-13-30(27)18-26(33)29-14-15-31(20(2)17-29)28(34)22-7-9-23(10-8-22)32(35)36/h3-10,12,16,20,27H,11,13-15,17-18H2,1-2H3/t20-,27-/m0/s1. The molecule has 8 nitrogen and oxygen atoms in total. The summed E-state index contributed by atoms with van der Waals surface area (Å²) in [5.41, 5.74) is 4.07. The minimum Gasteiger partial charge on any atom is -0.338 e. The van der Waals surface area contributed by atoms with Gasteiger partial charge in [0.05, 0.1) is 17.5 Å². The van der Waals surface area contributed by atoms with Crippen LogP contribution in [0.15, 0.2) is 60.0 Å². The molecule has 3 heterocycles. The van der Waals surface area contributed by atoms with Gasteiger partial charge in [-0.2, -0.15) is 0 Å². The van der Waals surface area contributed by atoms with Crippen LogP contribution in [0.25, 0.3) is 0 Å². The highest BCUT2D eigenvalue weighted by molar-refractivity contribution is 7.10. The molecule has 3 aromatic rings. The maximum atomic E-state index is 13.5. The Morgan fingerprint density at radius 1 is 1.03 bits per heavy atom. The lowest BCUT2D eigenvalue weighted by molar-refractivity contribution is -0.384. The van der Waals surface area contributed by atoms with Gasteiger partial charge in [-0.05, 0) is 55.0 Å². The lowest BCUT2D eigenvalue weighted by atomic mass is 9.92. The molecule has 1 fully saturated rings. The Kier molecular flexibility index (Phi) is 7.08. The van der Waals surface area contributed by atoms with E-state index < -0.39 is 4.92 Å². The van der Waals surface area contributed by atoms with E-state index in [1.807, 2.05) is 11.8 Å². The average Bonchev–Trinajstić information content (AvgIpc) is 3.38. The summed E-state index contributed by atoms with van der Waals surface area (Å²) < 4.78 is 0. The summed E-state index contributed by atoms with van der Waals surface area (Å²) in [6.07, 6.45) is 0.941. The van der Waals surface area contributed by atoms with Gasteiger partial charge in [-0.3, -0.25) is 24.6 Å². The molecule has 1 saturated heterocycles. The lowest BCUT2D eigenvalue weighted by Crippen LogP contribution is -2.57. The molecular weight excluding hydrogens is 488 g/mol. The minimum atomic E-state index is -0.480. The third-order valence-electron chi connectivity index (χ3n) is 7.36. The predicted octanol–water partition coefficient (Wildman–Crippen LogP) is 4.29. The van der Waals surface area contributed by atoms with Crippen molar-refractivity contribution in [1.82, 2.24) is 14.7 Å². The van der Waals surface area contributed by atoms with Crippen molar-refractivity contribution in [3.05, 3.63) is 97.2 Å². The number of non-ortho nitro benzene ring substituents is 1. The SMILES string of the molecule is Cc1ccc([C@H]2c3ccsc3CCN2CC(=O)N2CCN(C(=O)c3ccc([N+](=O)[O-])cc3)[C@@H](C)C2)cc1. The number of piperazine rings is 1. The molecule has 0 N–H and O–H groups in total. The molecule has 37 heavy (non-hydrogen) atoms. The number of hydrogen-bond donors (Lipinski definition) is 0. The average molecular weight is 519 g/mol. The molecule has 0 saturated carbocycles. The number of carbonyl (C=O) groups excluding carboxylic acids is 2. The van der Waals surface area contributed by atoms with E-state index in [-0.39, 0.29) is 29.6 Å². The van der Waals surface area contributed by atoms with Crippen molar-refractivity contribution in [2.75, 3.05) is 32.7 Å². The van der Waals surface area contributed by atoms with Gasteiger partial charge in [-0.15, -0.1) is 11.3 Å². The van der Waals surface area contributed by atoms with E-state index in [1.54, 1.807) is 16.2 Å². The van der Waals surface area contributed by atoms with Crippen LogP contribution in [0.1, 0.15) is 44.9 Å². The van der Waals surface area contributed by atoms with Gasteiger partial charge in [0.1, 0.15) is 0 Å². The van der Waals surface area contributed by atoms with Gasteiger partial charge < -0.3 is 9.80 Å². The molecule has 2 aliphatic rings. The molecule has 2 amide bonds. The first-order valence-corrected chi connectivity index (χ1v) is 13.4. The number of benzene rings is 2. The van der Waals surface area contributed by atoms with E-state index in [4.69, 9.17) is 0 Å². The number of nitro groups is 1. The van der Waals surface area contributed by atoms with Crippen LogP contribution in [-0.4, -0.2) is 70.2 Å². The third-order valence-corrected chi connectivity index (χ3v) is 8.36. The zero-order chi connectivity index (χ0) is 26.1. The molecule has 2 aromatic carbocycles. The van der Waals surface area contributed by atoms with E-state index in [9.17, 15) is 19.7 Å². The Labute approximate surface area is 220 Å². The molecule has 0 radical (unpaired) electrons. The molecule has 0 aliphatic carbocycles. The van der Waals surface area contributed by atoms with Gasteiger partial charge >= 0.3 is 0 Å². The summed E-state index contributed by atoms with van der Waals surface area (Å²) in [5.74, 6) is -0.0972. The molecule has 192 valence electrons. The van der Waals surface area contributed by atoms with Crippen molar-refractivity contribution in [3.63, 3.8) is 0 Å². The fraction of sp³-hybridized carbons (Fsp3) is 0.357. The van der Waals surface area contributed by atoms with E-state index in [1.165, 1.54) is 45.8 Å². The highest BCUT2D eigenvalue weighted by Gasteiger charge is 2.34. The van der Waals surface area contributed by atoms with Gasteiger partial charge in [0.25, 0.3) is 11.6 Å². The summed E-state index contributed by atoms with van der Waals surface area (Å²) in [7, 11) is 0. The molecule has 0 unspecified atom stereocenters.